The van der Waals surface area contributed by atoms with E-state index in [1.54, 1.807) is 0 Å². The molecule has 0 saturated carbocycles. The van der Waals surface area contributed by atoms with E-state index >= 15 is 0 Å². The molecule has 4 heteroatoms. The first-order valence-corrected chi connectivity index (χ1v) is 7.45. The maximum absolute atomic E-state index is 11.2. The number of hydrogen-bond donors (Lipinski definition) is 1. The number of benzene rings is 1. The molecule has 0 aliphatic carbocycles. The normalized spacial score (nSPS) is 13.7. The smallest absolute Gasteiger partial charge is 0.151 e. The average molecular weight is 241 g/mol. The van der Waals surface area contributed by atoms with Gasteiger partial charge in [-0.2, -0.15) is 0 Å². The van der Waals surface area contributed by atoms with E-state index < -0.39 is 9.84 Å². The lowest BCUT2D eigenvalue weighted by molar-refractivity contribution is 0.601. The Morgan fingerprint density at radius 2 is 2.06 bits per heavy atom. The van der Waals surface area contributed by atoms with Gasteiger partial charge >= 0.3 is 0 Å². The summed E-state index contributed by atoms with van der Waals surface area (Å²) >= 11 is 0. The van der Waals surface area contributed by atoms with Gasteiger partial charge in [0, 0.05) is 6.26 Å². The maximum Gasteiger partial charge on any atom is 0.151 e. The molecule has 1 aromatic rings. The molecule has 0 aliphatic rings. The fourth-order valence-electron chi connectivity index (χ4n) is 1.71. The molecule has 0 aliphatic heterocycles. The molecule has 16 heavy (non-hydrogen) atoms. The zero-order chi connectivity index (χ0) is 12.2. The second kappa shape index (κ2) is 5.46. The van der Waals surface area contributed by atoms with Gasteiger partial charge in [-0.25, -0.2) is 8.42 Å². The van der Waals surface area contributed by atoms with Gasteiger partial charge in [0.05, 0.1) is 5.75 Å². The number of sulfone groups is 1. The van der Waals surface area contributed by atoms with Crippen LogP contribution in [0.4, 0.5) is 0 Å². The highest BCUT2D eigenvalue weighted by Gasteiger charge is 2.08. The van der Waals surface area contributed by atoms with Crippen LogP contribution in [0, 0.1) is 0 Å². The Bertz CT molecular complexity index is 440. The summed E-state index contributed by atoms with van der Waals surface area (Å²) in [5.41, 5.74) is 7.52. The van der Waals surface area contributed by atoms with Crippen molar-refractivity contribution in [1.29, 1.82) is 0 Å². The van der Waals surface area contributed by atoms with Crippen LogP contribution in [0.3, 0.4) is 0 Å². The van der Waals surface area contributed by atoms with Crippen molar-refractivity contribution >= 4 is 9.84 Å². The molecule has 0 fully saturated rings. The van der Waals surface area contributed by atoms with Crippen molar-refractivity contribution in [1.82, 2.24) is 0 Å². The lowest BCUT2D eigenvalue weighted by Crippen LogP contribution is -2.06. The summed E-state index contributed by atoms with van der Waals surface area (Å²) in [6, 6.07) is 7.73. The number of hydrogen-bond acceptors (Lipinski definition) is 3. The summed E-state index contributed by atoms with van der Waals surface area (Å²) in [6.07, 6.45) is 2.17. The van der Waals surface area contributed by atoms with Crippen LogP contribution in [0.25, 0.3) is 0 Å². The molecule has 0 aromatic heterocycles. The molecule has 0 bridgehead atoms. The highest BCUT2D eigenvalue weighted by atomic mass is 32.2. The molecular weight excluding hydrogens is 222 g/mol. The molecule has 1 unspecified atom stereocenters. The molecule has 90 valence electrons. The van der Waals surface area contributed by atoms with Gasteiger partial charge in [0.1, 0.15) is 0 Å². The van der Waals surface area contributed by atoms with Crippen molar-refractivity contribution < 1.29 is 8.42 Å². The molecule has 0 saturated heterocycles. The monoisotopic (exact) mass is 241 g/mol. The van der Waals surface area contributed by atoms with Crippen molar-refractivity contribution in [3.05, 3.63) is 35.4 Å². The second-order valence-corrected chi connectivity index (χ2v) is 6.43. The molecule has 0 heterocycles. The van der Waals surface area contributed by atoms with Crippen molar-refractivity contribution in [3.63, 3.8) is 0 Å². The van der Waals surface area contributed by atoms with Crippen LogP contribution in [-0.2, 0) is 15.6 Å². The Kier molecular flexibility index (Phi) is 4.50. The van der Waals surface area contributed by atoms with Crippen LogP contribution in [0.2, 0.25) is 0 Å². The summed E-state index contributed by atoms with van der Waals surface area (Å²) in [4.78, 5) is 0. The Hall–Kier alpha value is -0.870. The molecule has 3 nitrogen and oxygen atoms in total. The van der Waals surface area contributed by atoms with E-state index in [1.165, 1.54) is 6.26 Å². The van der Waals surface area contributed by atoms with Gasteiger partial charge < -0.3 is 5.73 Å². The molecule has 1 aromatic carbocycles. The fraction of sp³-hybridized carbons (Fsp3) is 0.500. The van der Waals surface area contributed by atoms with Gasteiger partial charge in [0.15, 0.2) is 9.84 Å². The molecule has 1 atom stereocenters. The Balaban J connectivity index is 2.86. The lowest BCUT2D eigenvalue weighted by Gasteiger charge is -2.11. The fourth-order valence-corrected chi connectivity index (χ4v) is 2.49. The van der Waals surface area contributed by atoms with Gasteiger partial charge in [-0.3, -0.25) is 0 Å². The summed E-state index contributed by atoms with van der Waals surface area (Å²) in [5, 5.41) is 0. The first kappa shape index (κ1) is 13.2. The van der Waals surface area contributed by atoms with Gasteiger partial charge in [0.25, 0.3) is 0 Å². The molecule has 2 N–H and O–H groups in total. The first-order chi connectivity index (χ1) is 7.42. The van der Waals surface area contributed by atoms with Crippen molar-refractivity contribution in [2.75, 3.05) is 12.8 Å². The zero-order valence-corrected chi connectivity index (χ0v) is 10.6. The zero-order valence-electron chi connectivity index (χ0n) is 9.81. The highest BCUT2D eigenvalue weighted by molar-refractivity contribution is 7.89. The third kappa shape index (κ3) is 4.33. The molecular formula is C12H19NO2S. The van der Waals surface area contributed by atoms with Crippen LogP contribution in [-0.4, -0.2) is 21.2 Å². The van der Waals surface area contributed by atoms with Crippen LogP contribution in [0.1, 0.15) is 30.4 Å². The summed E-state index contributed by atoms with van der Waals surface area (Å²) in [6.45, 7) is 2.75. The third-order valence-electron chi connectivity index (χ3n) is 2.55. The van der Waals surface area contributed by atoms with Crippen LogP contribution in [0.15, 0.2) is 24.3 Å². The Morgan fingerprint density at radius 3 is 2.62 bits per heavy atom. The minimum atomic E-state index is -2.96. The van der Waals surface area contributed by atoms with E-state index in [0.717, 1.165) is 17.5 Å². The number of nitrogens with two attached hydrogens (primary N) is 1. The van der Waals surface area contributed by atoms with Gasteiger partial charge in [-0.1, -0.05) is 31.2 Å². The quantitative estimate of drug-likeness (QED) is 0.853. The maximum atomic E-state index is 11.2. The van der Waals surface area contributed by atoms with E-state index in [0.29, 0.717) is 12.5 Å². The van der Waals surface area contributed by atoms with E-state index in [-0.39, 0.29) is 5.75 Å². The molecule has 0 spiro atoms. The summed E-state index contributed by atoms with van der Waals surface area (Å²) < 4.78 is 22.4. The number of rotatable bonds is 5. The van der Waals surface area contributed by atoms with Gasteiger partial charge in [0.2, 0.25) is 0 Å². The Morgan fingerprint density at radius 1 is 1.38 bits per heavy atom. The largest absolute Gasteiger partial charge is 0.330 e. The minimum absolute atomic E-state index is 0.107. The van der Waals surface area contributed by atoms with Crippen LogP contribution < -0.4 is 5.73 Å². The molecule has 0 radical (unpaired) electrons. The second-order valence-electron chi connectivity index (χ2n) is 4.29. The van der Waals surface area contributed by atoms with Gasteiger partial charge in [-0.05, 0) is 30.0 Å². The molecule has 1 rings (SSSR count). The van der Waals surface area contributed by atoms with Crippen molar-refractivity contribution in [2.45, 2.75) is 25.0 Å². The molecule has 0 amide bonds. The van der Waals surface area contributed by atoms with Crippen molar-refractivity contribution in [3.8, 4) is 0 Å². The van der Waals surface area contributed by atoms with E-state index in [9.17, 15) is 8.42 Å². The predicted molar refractivity (Wildman–Crippen MR) is 67.1 cm³/mol. The van der Waals surface area contributed by atoms with E-state index in [2.05, 4.69) is 6.92 Å². The summed E-state index contributed by atoms with van der Waals surface area (Å²) in [7, 11) is -2.96. The highest BCUT2D eigenvalue weighted by Crippen LogP contribution is 2.20. The van der Waals surface area contributed by atoms with Crippen LogP contribution >= 0.6 is 0 Å². The van der Waals surface area contributed by atoms with E-state index in [4.69, 9.17) is 5.73 Å². The average Bonchev–Trinajstić information content (AvgIpc) is 2.16. The van der Waals surface area contributed by atoms with Crippen LogP contribution in [0.5, 0.6) is 0 Å². The summed E-state index contributed by atoms with van der Waals surface area (Å²) in [5.74, 6) is 0.487. The first-order valence-electron chi connectivity index (χ1n) is 5.39. The predicted octanol–water partition coefficient (Wildman–Crippen LogP) is 1.68. The topological polar surface area (TPSA) is 60.2 Å². The Labute approximate surface area is 97.6 Å². The third-order valence-corrected chi connectivity index (χ3v) is 3.41. The van der Waals surface area contributed by atoms with Crippen molar-refractivity contribution in [2.24, 2.45) is 5.73 Å². The lowest BCUT2D eigenvalue weighted by atomic mass is 9.96. The standard InChI is InChI=1S/C12H19NO2S/c1-10(6-7-13)12-5-3-4-11(8-12)9-16(2,14)15/h3-5,8,10H,6-7,9,13H2,1-2H3. The van der Waals surface area contributed by atoms with E-state index in [1.807, 2.05) is 24.3 Å². The minimum Gasteiger partial charge on any atom is -0.330 e. The SMILES string of the molecule is CC(CCN)c1cccc(CS(C)(=O)=O)c1. The van der Waals surface area contributed by atoms with Gasteiger partial charge in [-0.15, -0.1) is 0 Å².